The van der Waals surface area contributed by atoms with Crippen LogP contribution in [0.4, 0.5) is 31.2 Å². The van der Waals surface area contributed by atoms with Gasteiger partial charge in [-0.1, -0.05) is 19.1 Å². The second-order valence-electron chi connectivity index (χ2n) is 14.5. The molecule has 0 spiro atoms. The highest BCUT2D eigenvalue weighted by Gasteiger charge is 2.38. The van der Waals surface area contributed by atoms with Crippen LogP contribution in [-0.2, 0) is 15.9 Å². The molecule has 11 nitrogen and oxygen atoms in total. The molecule has 6 rings (SSSR count). The van der Waals surface area contributed by atoms with E-state index in [4.69, 9.17) is 9.47 Å². The number of anilines is 3. The summed E-state index contributed by atoms with van der Waals surface area (Å²) in [6.07, 6.45) is 2.03. The number of hydrogen-bond acceptors (Lipinski definition) is 8. The van der Waals surface area contributed by atoms with E-state index >= 15 is 4.39 Å². The summed E-state index contributed by atoms with van der Waals surface area (Å²) in [6, 6.07) is 9.53. The molecule has 4 aromatic rings. The minimum Gasteiger partial charge on any atom is -0.444 e. The average Bonchev–Trinajstić information content (AvgIpc) is 3.25. The number of rotatable bonds is 3. The highest BCUT2D eigenvalue weighted by atomic mass is 19.1. The Hall–Kier alpha value is -5.39. The van der Waals surface area contributed by atoms with Gasteiger partial charge in [0.2, 0.25) is 0 Å². The Morgan fingerprint density at radius 2 is 1.53 bits per heavy atom. The summed E-state index contributed by atoms with van der Waals surface area (Å²) < 4.78 is 28.0. The maximum absolute atomic E-state index is 16.8. The number of halogens is 1. The van der Waals surface area contributed by atoms with Gasteiger partial charge in [-0.3, -0.25) is 24.8 Å². The molecule has 0 aliphatic carbocycles. The van der Waals surface area contributed by atoms with Crippen LogP contribution in [0.25, 0.3) is 21.9 Å². The Morgan fingerprint density at radius 1 is 0.898 bits per heavy atom. The molecule has 2 aromatic heterocycles. The van der Waals surface area contributed by atoms with E-state index in [-0.39, 0.29) is 39.5 Å². The Labute approximate surface area is 283 Å². The molecule has 2 aliphatic heterocycles. The summed E-state index contributed by atoms with van der Waals surface area (Å²) in [6.45, 7) is 14.6. The number of ether oxygens (including phenoxy) is 2. The predicted octanol–water partition coefficient (Wildman–Crippen LogP) is 7.83. The largest absolute Gasteiger partial charge is 0.444 e. The number of nitrogens with one attached hydrogen (secondary N) is 1. The van der Waals surface area contributed by atoms with Gasteiger partial charge in [0, 0.05) is 35.5 Å². The lowest BCUT2D eigenvalue weighted by molar-refractivity contribution is 0.0569. The van der Waals surface area contributed by atoms with E-state index < -0.39 is 41.0 Å². The molecule has 0 saturated heterocycles. The SMILES string of the molecule is Cc1c(-c2cc3cc(N4C(=O)c5ccccc5C4=O)ncc3c(NC(=O)OC(C)(C)C)c2F)cnc2c1N(C(=O)OC(C)(C)C)CC(C)C2. The van der Waals surface area contributed by atoms with Gasteiger partial charge >= 0.3 is 12.2 Å². The van der Waals surface area contributed by atoms with Gasteiger partial charge in [-0.05, 0) is 96.0 Å². The molecule has 1 unspecified atom stereocenters. The lowest BCUT2D eigenvalue weighted by Crippen LogP contribution is -2.43. The van der Waals surface area contributed by atoms with Crippen LogP contribution in [0.5, 0.6) is 0 Å². The fourth-order valence-corrected chi connectivity index (χ4v) is 6.21. The topological polar surface area (TPSA) is 131 Å². The van der Waals surface area contributed by atoms with E-state index in [1.54, 1.807) is 89.9 Å². The van der Waals surface area contributed by atoms with Crippen molar-refractivity contribution in [1.82, 2.24) is 9.97 Å². The molecule has 49 heavy (non-hydrogen) atoms. The molecule has 254 valence electrons. The number of pyridine rings is 2. The third kappa shape index (κ3) is 6.30. The first-order chi connectivity index (χ1) is 22.9. The lowest BCUT2D eigenvalue weighted by atomic mass is 9.91. The number of carbonyl (C=O) groups is 4. The number of imide groups is 1. The molecule has 12 heteroatoms. The average molecular weight is 668 g/mol. The quantitative estimate of drug-likeness (QED) is 0.219. The summed E-state index contributed by atoms with van der Waals surface area (Å²) in [5.74, 6) is -1.72. The number of hydrogen-bond donors (Lipinski definition) is 1. The maximum atomic E-state index is 16.8. The molecule has 4 heterocycles. The molecule has 2 aliphatic rings. The van der Waals surface area contributed by atoms with Gasteiger partial charge < -0.3 is 9.47 Å². The second-order valence-corrected chi connectivity index (χ2v) is 14.5. The fraction of sp³-hybridized carbons (Fsp3) is 0.351. The molecule has 0 fully saturated rings. The van der Waals surface area contributed by atoms with Crippen molar-refractivity contribution in [2.75, 3.05) is 21.7 Å². The molecular formula is C37H38FN5O6. The number of nitrogens with zero attached hydrogens (tertiary/aromatic N) is 4. The summed E-state index contributed by atoms with van der Waals surface area (Å²) in [7, 11) is 0. The zero-order valence-corrected chi connectivity index (χ0v) is 28.7. The lowest BCUT2D eigenvalue weighted by Gasteiger charge is -2.35. The zero-order chi connectivity index (χ0) is 35.6. The van der Waals surface area contributed by atoms with Gasteiger partial charge in [-0.2, -0.15) is 0 Å². The third-order valence-corrected chi connectivity index (χ3v) is 8.19. The van der Waals surface area contributed by atoms with Crippen molar-refractivity contribution in [1.29, 1.82) is 0 Å². The highest BCUT2D eigenvalue weighted by Crippen LogP contribution is 2.42. The van der Waals surface area contributed by atoms with Gasteiger partial charge in [-0.15, -0.1) is 0 Å². The van der Waals surface area contributed by atoms with Crippen LogP contribution in [-0.4, -0.2) is 51.7 Å². The van der Waals surface area contributed by atoms with E-state index in [0.29, 0.717) is 40.9 Å². The van der Waals surface area contributed by atoms with Crippen molar-refractivity contribution >= 4 is 52.0 Å². The molecular weight excluding hydrogens is 629 g/mol. The van der Waals surface area contributed by atoms with Crippen molar-refractivity contribution in [2.45, 2.75) is 73.0 Å². The second kappa shape index (κ2) is 11.9. The Kier molecular flexibility index (Phi) is 8.16. The summed E-state index contributed by atoms with van der Waals surface area (Å²) in [4.78, 5) is 64.5. The zero-order valence-electron chi connectivity index (χ0n) is 28.7. The number of benzene rings is 2. The van der Waals surface area contributed by atoms with Crippen LogP contribution in [0.1, 0.15) is 80.4 Å². The minimum atomic E-state index is -0.889. The molecule has 1 atom stereocenters. The van der Waals surface area contributed by atoms with Crippen molar-refractivity contribution in [3.05, 3.63) is 77.0 Å². The van der Waals surface area contributed by atoms with Crippen LogP contribution in [0, 0.1) is 18.7 Å². The predicted molar refractivity (Wildman–Crippen MR) is 184 cm³/mol. The van der Waals surface area contributed by atoms with Crippen LogP contribution < -0.4 is 15.1 Å². The Bertz CT molecular complexity index is 2030. The summed E-state index contributed by atoms with van der Waals surface area (Å²) in [5, 5.41) is 3.13. The number of fused-ring (bicyclic) bond motifs is 3. The smallest absolute Gasteiger partial charge is 0.414 e. The molecule has 0 radical (unpaired) electrons. The molecule has 0 bridgehead atoms. The van der Waals surface area contributed by atoms with E-state index in [1.165, 1.54) is 12.3 Å². The van der Waals surface area contributed by atoms with E-state index in [2.05, 4.69) is 15.3 Å². The van der Waals surface area contributed by atoms with Crippen molar-refractivity contribution in [3.8, 4) is 11.1 Å². The molecule has 1 N–H and O–H groups in total. The summed E-state index contributed by atoms with van der Waals surface area (Å²) in [5.41, 5.74) is 0.907. The van der Waals surface area contributed by atoms with Gasteiger partial charge in [0.05, 0.1) is 28.2 Å². The van der Waals surface area contributed by atoms with Gasteiger partial charge in [0.1, 0.15) is 17.0 Å². The maximum Gasteiger partial charge on any atom is 0.414 e. The molecule has 0 saturated carbocycles. The van der Waals surface area contributed by atoms with Crippen molar-refractivity contribution in [2.24, 2.45) is 5.92 Å². The monoisotopic (exact) mass is 667 g/mol. The van der Waals surface area contributed by atoms with Crippen LogP contribution in [0.15, 0.2) is 48.8 Å². The van der Waals surface area contributed by atoms with Gasteiger partial charge in [0.25, 0.3) is 11.8 Å². The van der Waals surface area contributed by atoms with Crippen LogP contribution in [0.2, 0.25) is 0 Å². The van der Waals surface area contributed by atoms with E-state index in [1.807, 2.05) is 6.92 Å². The van der Waals surface area contributed by atoms with Crippen LogP contribution >= 0.6 is 0 Å². The van der Waals surface area contributed by atoms with Gasteiger partial charge in [0.15, 0.2) is 5.82 Å². The van der Waals surface area contributed by atoms with Crippen molar-refractivity contribution < 1.29 is 33.0 Å². The normalized spacial score (nSPS) is 16.1. The number of amides is 4. The first-order valence-electron chi connectivity index (χ1n) is 16.0. The Balaban J connectivity index is 1.53. The fourth-order valence-electron chi connectivity index (χ4n) is 6.21. The molecule has 2 aromatic carbocycles. The standard InChI is InChI=1S/C37H38FN5O6/c1-19-13-27-31(42(18-19)35(47)49-37(6,7)8)20(2)25(16-39-27)24-14-21-15-28(43-32(44)22-11-9-10-12-23(22)33(43)45)40-17-26(21)30(29(24)38)41-34(46)48-36(3,4)5/h9-12,14-17,19H,13,18H2,1-8H3,(H,41,46). The minimum absolute atomic E-state index is 0.0323. The number of aromatic nitrogens is 2. The van der Waals surface area contributed by atoms with E-state index in [0.717, 1.165) is 4.90 Å². The number of carbonyl (C=O) groups excluding carboxylic acids is 4. The van der Waals surface area contributed by atoms with Gasteiger partial charge in [-0.25, -0.2) is 23.9 Å². The highest BCUT2D eigenvalue weighted by molar-refractivity contribution is 6.34. The first-order valence-corrected chi connectivity index (χ1v) is 16.0. The first kappa shape index (κ1) is 33.5. The van der Waals surface area contributed by atoms with Crippen molar-refractivity contribution in [3.63, 3.8) is 0 Å². The third-order valence-electron chi connectivity index (χ3n) is 8.19. The molecule has 4 amide bonds. The Morgan fingerprint density at radius 3 is 2.14 bits per heavy atom. The van der Waals surface area contributed by atoms with Crippen LogP contribution in [0.3, 0.4) is 0 Å². The summed E-state index contributed by atoms with van der Waals surface area (Å²) >= 11 is 0. The van der Waals surface area contributed by atoms with E-state index in [9.17, 15) is 19.2 Å².